The highest BCUT2D eigenvalue weighted by atomic mass is 16.5. The number of nitrogens with one attached hydrogen (secondary N) is 1. The zero-order valence-corrected chi connectivity index (χ0v) is 15.8. The molecule has 3 rings (SSSR count). The summed E-state index contributed by atoms with van der Waals surface area (Å²) in [5.74, 6) is 0.284. The molecule has 6 heteroatoms. The van der Waals surface area contributed by atoms with E-state index in [1.54, 1.807) is 13.4 Å². The third kappa shape index (κ3) is 3.54. The van der Waals surface area contributed by atoms with Crippen LogP contribution in [-0.2, 0) is 4.74 Å². The van der Waals surface area contributed by atoms with Crippen molar-refractivity contribution in [3.05, 3.63) is 29.5 Å². The van der Waals surface area contributed by atoms with Crippen LogP contribution in [0.1, 0.15) is 61.4 Å². The van der Waals surface area contributed by atoms with Crippen molar-refractivity contribution < 1.29 is 9.53 Å². The molecule has 2 aromatic heterocycles. The monoisotopic (exact) mass is 344 g/mol. The largest absolute Gasteiger partial charge is 0.381 e. The Labute approximate surface area is 149 Å². The Morgan fingerprint density at radius 1 is 1.28 bits per heavy atom. The minimum Gasteiger partial charge on any atom is -0.381 e. The van der Waals surface area contributed by atoms with Gasteiger partial charge in [0, 0.05) is 24.0 Å². The molecule has 25 heavy (non-hydrogen) atoms. The highest BCUT2D eigenvalue weighted by Gasteiger charge is 2.35. The Morgan fingerprint density at radius 2 is 1.96 bits per heavy atom. The fraction of sp³-hybridized carbons (Fsp3) is 0.632. The van der Waals surface area contributed by atoms with Crippen molar-refractivity contribution in [2.24, 2.45) is 5.92 Å². The number of ether oxygens (including phenoxy) is 1. The highest BCUT2D eigenvalue weighted by molar-refractivity contribution is 5.98. The summed E-state index contributed by atoms with van der Waals surface area (Å²) in [6.45, 7) is 8.12. The van der Waals surface area contributed by atoms with Crippen LogP contribution < -0.4 is 5.32 Å². The van der Waals surface area contributed by atoms with Crippen LogP contribution in [0.5, 0.6) is 0 Å². The summed E-state index contributed by atoms with van der Waals surface area (Å²) >= 11 is 0. The van der Waals surface area contributed by atoms with E-state index in [0.29, 0.717) is 23.4 Å². The number of nitrogens with zero attached hydrogens (tertiary/aromatic N) is 3. The number of amides is 1. The van der Waals surface area contributed by atoms with Gasteiger partial charge in [0.25, 0.3) is 5.91 Å². The molecule has 0 unspecified atom stereocenters. The van der Waals surface area contributed by atoms with Gasteiger partial charge in [-0.05, 0) is 65.4 Å². The van der Waals surface area contributed by atoms with Gasteiger partial charge < -0.3 is 10.1 Å². The average molecular weight is 344 g/mol. The van der Waals surface area contributed by atoms with Crippen molar-refractivity contribution in [2.45, 2.75) is 65.0 Å². The van der Waals surface area contributed by atoms with E-state index in [4.69, 9.17) is 4.74 Å². The predicted octanol–water partition coefficient (Wildman–Crippen LogP) is 3.06. The summed E-state index contributed by atoms with van der Waals surface area (Å²) in [5, 5.41) is 3.20. The zero-order valence-electron chi connectivity index (χ0n) is 15.8. The SMILES string of the molecule is CO[C@H]1CC[C@@H](C(C)(C)NC(=O)c2ncn3c(C)cc(C)nc23)CC1. The smallest absolute Gasteiger partial charge is 0.274 e. The molecule has 1 N–H and O–H groups in total. The van der Waals surface area contributed by atoms with Gasteiger partial charge in [-0.2, -0.15) is 0 Å². The highest BCUT2D eigenvalue weighted by Crippen LogP contribution is 2.33. The Kier molecular flexibility index (Phi) is 4.82. The lowest BCUT2D eigenvalue weighted by atomic mass is 9.75. The van der Waals surface area contributed by atoms with Gasteiger partial charge in [0.05, 0.1) is 6.10 Å². The van der Waals surface area contributed by atoms with Gasteiger partial charge in [-0.25, -0.2) is 9.97 Å². The second-order valence-corrected chi connectivity index (χ2v) is 7.71. The third-order valence-electron chi connectivity index (χ3n) is 5.50. The normalized spacial score (nSPS) is 21.5. The molecule has 1 fully saturated rings. The number of hydrogen-bond donors (Lipinski definition) is 1. The minimum absolute atomic E-state index is 0.154. The van der Waals surface area contributed by atoms with Crippen LogP contribution in [0.4, 0.5) is 0 Å². The summed E-state index contributed by atoms with van der Waals surface area (Å²) in [5.41, 5.74) is 2.63. The van der Waals surface area contributed by atoms with E-state index in [-0.39, 0.29) is 11.4 Å². The maximum absolute atomic E-state index is 12.9. The molecule has 2 heterocycles. The van der Waals surface area contributed by atoms with Crippen LogP contribution in [-0.4, -0.2) is 39.0 Å². The first-order chi connectivity index (χ1) is 11.8. The van der Waals surface area contributed by atoms with Gasteiger partial charge in [0.2, 0.25) is 0 Å². The van der Waals surface area contributed by atoms with Crippen LogP contribution in [0.25, 0.3) is 5.65 Å². The Bertz CT molecular complexity index is 773. The van der Waals surface area contributed by atoms with Gasteiger partial charge in [-0.1, -0.05) is 0 Å². The van der Waals surface area contributed by atoms with E-state index in [9.17, 15) is 4.79 Å². The minimum atomic E-state index is -0.287. The van der Waals surface area contributed by atoms with E-state index in [1.807, 2.05) is 24.3 Å². The number of fused-ring (bicyclic) bond motifs is 1. The van der Waals surface area contributed by atoms with Crippen LogP contribution >= 0.6 is 0 Å². The fourth-order valence-corrected chi connectivity index (χ4v) is 3.91. The number of imidazole rings is 1. The maximum atomic E-state index is 12.9. The Balaban J connectivity index is 1.78. The van der Waals surface area contributed by atoms with Crippen LogP contribution in [0.15, 0.2) is 12.4 Å². The molecule has 0 aromatic carbocycles. The second-order valence-electron chi connectivity index (χ2n) is 7.71. The van der Waals surface area contributed by atoms with E-state index in [1.165, 1.54) is 0 Å². The molecule has 0 radical (unpaired) electrons. The topological polar surface area (TPSA) is 68.5 Å². The first-order valence-corrected chi connectivity index (χ1v) is 8.98. The number of hydrogen-bond acceptors (Lipinski definition) is 4. The van der Waals surface area contributed by atoms with E-state index in [0.717, 1.165) is 37.1 Å². The molecular weight excluding hydrogens is 316 g/mol. The number of aromatic nitrogens is 3. The summed E-state index contributed by atoms with van der Waals surface area (Å²) in [6.07, 6.45) is 6.25. The van der Waals surface area contributed by atoms with E-state index < -0.39 is 0 Å². The van der Waals surface area contributed by atoms with Gasteiger partial charge in [-0.3, -0.25) is 9.20 Å². The fourth-order valence-electron chi connectivity index (χ4n) is 3.91. The summed E-state index contributed by atoms with van der Waals surface area (Å²) < 4.78 is 7.31. The molecule has 6 nitrogen and oxygen atoms in total. The lowest BCUT2D eigenvalue weighted by Crippen LogP contribution is -2.50. The number of carbonyl (C=O) groups is 1. The van der Waals surface area contributed by atoms with Crippen LogP contribution in [0.3, 0.4) is 0 Å². The van der Waals surface area contributed by atoms with E-state index >= 15 is 0 Å². The Morgan fingerprint density at radius 3 is 2.60 bits per heavy atom. The second kappa shape index (κ2) is 6.75. The molecule has 1 aliphatic rings. The first kappa shape index (κ1) is 17.9. The van der Waals surface area contributed by atoms with Crippen molar-refractivity contribution >= 4 is 11.6 Å². The summed E-state index contributed by atoms with van der Waals surface area (Å²) in [6, 6.07) is 1.98. The predicted molar refractivity (Wildman–Crippen MR) is 96.8 cm³/mol. The number of methoxy groups -OCH3 is 1. The molecule has 2 aromatic rings. The first-order valence-electron chi connectivity index (χ1n) is 8.98. The lowest BCUT2D eigenvalue weighted by molar-refractivity contribution is 0.0396. The molecule has 0 bridgehead atoms. The Hall–Kier alpha value is -1.95. The number of carbonyl (C=O) groups excluding carboxylic acids is 1. The van der Waals surface area contributed by atoms with Gasteiger partial charge in [-0.15, -0.1) is 0 Å². The van der Waals surface area contributed by atoms with Crippen molar-refractivity contribution in [3.8, 4) is 0 Å². The van der Waals surface area contributed by atoms with Crippen molar-refractivity contribution in [1.29, 1.82) is 0 Å². The average Bonchev–Trinajstić information content (AvgIpc) is 2.98. The summed E-state index contributed by atoms with van der Waals surface area (Å²) in [7, 11) is 1.78. The maximum Gasteiger partial charge on any atom is 0.274 e. The van der Waals surface area contributed by atoms with Gasteiger partial charge in [0.15, 0.2) is 11.3 Å². The molecule has 1 amide bonds. The molecule has 136 valence electrons. The third-order valence-corrected chi connectivity index (χ3v) is 5.50. The molecule has 0 aliphatic heterocycles. The zero-order chi connectivity index (χ0) is 18.2. The van der Waals surface area contributed by atoms with E-state index in [2.05, 4.69) is 29.1 Å². The quantitative estimate of drug-likeness (QED) is 0.925. The lowest BCUT2D eigenvalue weighted by Gasteiger charge is -2.39. The van der Waals surface area contributed by atoms with Gasteiger partial charge >= 0.3 is 0 Å². The van der Waals surface area contributed by atoms with Crippen LogP contribution in [0.2, 0.25) is 0 Å². The standard InChI is InChI=1S/C19H28N4O2/c1-12-10-13(2)23-11-20-16(17(23)21-12)18(24)22-19(3,4)14-6-8-15(25-5)9-7-14/h10-11,14-15H,6-9H2,1-5H3,(H,22,24)/t14-,15+. The molecular formula is C19H28N4O2. The molecule has 0 atom stereocenters. The summed E-state index contributed by atoms with van der Waals surface area (Å²) in [4.78, 5) is 21.7. The number of rotatable bonds is 4. The van der Waals surface area contributed by atoms with Crippen LogP contribution in [0, 0.1) is 19.8 Å². The van der Waals surface area contributed by atoms with Crippen molar-refractivity contribution in [1.82, 2.24) is 19.7 Å². The van der Waals surface area contributed by atoms with Crippen molar-refractivity contribution in [2.75, 3.05) is 7.11 Å². The van der Waals surface area contributed by atoms with Gasteiger partial charge in [0.1, 0.15) is 6.33 Å². The molecule has 1 aliphatic carbocycles. The molecule has 1 saturated carbocycles. The van der Waals surface area contributed by atoms with Crippen molar-refractivity contribution in [3.63, 3.8) is 0 Å². The number of aryl methyl sites for hydroxylation is 2. The molecule has 0 saturated heterocycles. The molecule has 0 spiro atoms.